The molecule has 0 saturated heterocycles. The molecule has 2 N–H and O–H groups in total. The highest BCUT2D eigenvalue weighted by Gasteiger charge is 2.17. The molecule has 0 spiro atoms. The molecule has 2 heterocycles. The zero-order chi connectivity index (χ0) is 20.3. The van der Waals surface area contributed by atoms with E-state index in [1.54, 1.807) is 17.9 Å². The van der Waals surface area contributed by atoms with E-state index in [4.69, 9.17) is 9.47 Å². The van der Waals surface area contributed by atoms with Crippen molar-refractivity contribution in [3.63, 3.8) is 0 Å². The topological polar surface area (TPSA) is 94.1 Å². The monoisotopic (exact) mass is 383 g/mol. The van der Waals surface area contributed by atoms with Gasteiger partial charge in [0.05, 0.1) is 25.1 Å². The molecule has 3 aromatic rings. The van der Waals surface area contributed by atoms with Crippen LogP contribution in [0.2, 0.25) is 0 Å². The molecule has 1 amide bonds. The van der Waals surface area contributed by atoms with Crippen molar-refractivity contribution >= 4 is 5.91 Å². The molecule has 2 aromatic heterocycles. The molecular weight excluding hydrogens is 358 g/mol. The van der Waals surface area contributed by atoms with Crippen molar-refractivity contribution in [2.45, 2.75) is 27.3 Å². The van der Waals surface area contributed by atoms with E-state index >= 15 is 0 Å². The maximum Gasteiger partial charge on any atom is 0.269 e. The summed E-state index contributed by atoms with van der Waals surface area (Å²) >= 11 is 0. The fourth-order valence-electron chi connectivity index (χ4n) is 3.08. The number of aryl methyl sites for hydroxylation is 2. The van der Waals surface area contributed by atoms with Gasteiger partial charge in [-0.15, -0.1) is 0 Å². The van der Waals surface area contributed by atoms with Crippen LogP contribution in [0.4, 0.5) is 0 Å². The molecule has 0 aliphatic carbocycles. The van der Waals surface area contributed by atoms with Crippen LogP contribution in [0.15, 0.2) is 24.3 Å². The van der Waals surface area contributed by atoms with Gasteiger partial charge < -0.3 is 14.8 Å². The van der Waals surface area contributed by atoms with Gasteiger partial charge in [0.25, 0.3) is 5.91 Å². The first-order valence-electron chi connectivity index (χ1n) is 9.08. The van der Waals surface area contributed by atoms with Gasteiger partial charge in [0, 0.05) is 24.8 Å². The SMILES string of the molecule is CCOc1ccc(CNC(=O)c2cc(-c3c(C)nn(C)c3C)n[nH]2)cc1OC. The fraction of sp³-hybridized carbons (Fsp3) is 0.350. The third kappa shape index (κ3) is 3.85. The third-order valence-electron chi connectivity index (χ3n) is 4.57. The zero-order valence-corrected chi connectivity index (χ0v) is 16.8. The van der Waals surface area contributed by atoms with Crippen molar-refractivity contribution < 1.29 is 14.3 Å². The Labute approximate surface area is 163 Å². The summed E-state index contributed by atoms with van der Waals surface area (Å²) in [7, 11) is 3.48. The van der Waals surface area contributed by atoms with E-state index in [2.05, 4.69) is 20.6 Å². The quantitative estimate of drug-likeness (QED) is 0.654. The van der Waals surface area contributed by atoms with E-state index in [9.17, 15) is 4.79 Å². The number of hydrogen-bond acceptors (Lipinski definition) is 5. The van der Waals surface area contributed by atoms with Crippen LogP contribution >= 0.6 is 0 Å². The molecule has 0 fully saturated rings. The molecule has 0 aliphatic rings. The maximum atomic E-state index is 12.5. The highest BCUT2D eigenvalue weighted by molar-refractivity contribution is 5.93. The third-order valence-corrected chi connectivity index (χ3v) is 4.57. The largest absolute Gasteiger partial charge is 0.493 e. The van der Waals surface area contributed by atoms with Gasteiger partial charge in [0.15, 0.2) is 11.5 Å². The van der Waals surface area contributed by atoms with E-state index in [0.29, 0.717) is 36.0 Å². The van der Waals surface area contributed by atoms with Crippen LogP contribution in [-0.4, -0.2) is 39.6 Å². The lowest BCUT2D eigenvalue weighted by Crippen LogP contribution is -2.23. The Hall–Kier alpha value is -3.29. The predicted octanol–water partition coefficient (Wildman–Crippen LogP) is 2.76. The van der Waals surface area contributed by atoms with Gasteiger partial charge in [-0.3, -0.25) is 14.6 Å². The van der Waals surface area contributed by atoms with Crippen molar-refractivity contribution in [2.24, 2.45) is 7.05 Å². The molecule has 28 heavy (non-hydrogen) atoms. The average Bonchev–Trinajstić information content (AvgIpc) is 3.25. The molecule has 0 radical (unpaired) electrons. The number of benzene rings is 1. The van der Waals surface area contributed by atoms with Gasteiger partial charge in [-0.2, -0.15) is 10.2 Å². The number of nitrogens with zero attached hydrogens (tertiary/aromatic N) is 3. The average molecular weight is 383 g/mol. The molecule has 0 bridgehead atoms. The number of ether oxygens (including phenoxy) is 2. The van der Waals surface area contributed by atoms with Crippen LogP contribution in [0, 0.1) is 13.8 Å². The molecule has 0 unspecified atom stereocenters. The Morgan fingerprint density at radius 1 is 1.25 bits per heavy atom. The number of nitrogens with one attached hydrogen (secondary N) is 2. The Balaban J connectivity index is 1.70. The van der Waals surface area contributed by atoms with E-state index in [1.807, 2.05) is 46.0 Å². The number of carbonyl (C=O) groups excluding carboxylic acids is 1. The number of hydrogen-bond donors (Lipinski definition) is 2. The lowest BCUT2D eigenvalue weighted by molar-refractivity contribution is 0.0946. The van der Waals surface area contributed by atoms with Gasteiger partial charge in [-0.1, -0.05) is 6.07 Å². The summed E-state index contributed by atoms with van der Waals surface area (Å²) in [4.78, 5) is 12.5. The number of H-pyrrole nitrogens is 1. The normalized spacial score (nSPS) is 10.8. The number of aromatic amines is 1. The van der Waals surface area contributed by atoms with Gasteiger partial charge in [-0.05, 0) is 44.5 Å². The minimum atomic E-state index is -0.231. The number of aromatic nitrogens is 4. The highest BCUT2D eigenvalue weighted by atomic mass is 16.5. The van der Waals surface area contributed by atoms with Crippen molar-refractivity contribution in [1.29, 1.82) is 0 Å². The summed E-state index contributed by atoms with van der Waals surface area (Å²) in [5, 5.41) is 14.4. The summed E-state index contributed by atoms with van der Waals surface area (Å²) in [6.07, 6.45) is 0. The summed E-state index contributed by atoms with van der Waals surface area (Å²) < 4.78 is 12.7. The summed E-state index contributed by atoms with van der Waals surface area (Å²) in [5.41, 5.74) is 4.82. The summed E-state index contributed by atoms with van der Waals surface area (Å²) in [5.74, 6) is 1.09. The van der Waals surface area contributed by atoms with Crippen LogP contribution < -0.4 is 14.8 Å². The highest BCUT2D eigenvalue weighted by Crippen LogP contribution is 2.28. The Kier molecular flexibility index (Phi) is 5.67. The second-order valence-electron chi connectivity index (χ2n) is 6.44. The van der Waals surface area contributed by atoms with E-state index < -0.39 is 0 Å². The maximum absolute atomic E-state index is 12.5. The Morgan fingerprint density at radius 2 is 2.04 bits per heavy atom. The summed E-state index contributed by atoms with van der Waals surface area (Å²) in [6.45, 7) is 6.74. The van der Waals surface area contributed by atoms with Crippen molar-refractivity contribution in [3.05, 3.63) is 46.9 Å². The lowest BCUT2D eigenvalue weighted by atomic mass is 10.1. The van der Waals surface area contributed by atoms with Crippen LogP contribution in [0.3, 0.4) is 0 Å². The second kappa shape index (κ2) is 8.16. The first-order valence-corrected chi connectivity index (χ1v) is 9.08. The second-order valence-corrected chi connectivity index (χ2v) is 6.44. The smallest absolute Gasteiger partial charge is 0.269 e. The molecule has 3 rings (SSSR count). The molecule has 0 saturated carbocycles. The first-order chi connectivity index (χ1) is 13.4. The predicted molar refractivity (Wildman–Crippen MR) is 106 cm³/mol. The van der Waals surface area contributed by atoms with Crippen LogP contribution in [0.1, 0.15) is 34.4 Å². The van der Waals surface area contributed by atoms with E-state index in [-0.39, 0.29) is 5.91 Å². The van der Waals surface area contributed by atoms with Gasteiger partial charge in [0.1, 0.15) is 5.69 Å². The molecule has 8 heteroatoms. The molecule has 1 aromatic carbocycles. The summed E-state index contributed by atoms with van der Waals surface area (Å²) in [6, 6.07) is 7.33. The minimum Gasteiger partial charge on any atom is -0.493 e. The number of methoxy groups -OCH3 is 1. The van der Waals surface area contributed by atoms with E-state index in [1.165, 1.54) is 0 Å². The van der Waals surface area contributed by atoms with E-state index in [0.717, 1.165) is 22.5 Å². The molecular formula is C20H25N5O3. The Morgan fingerprint density at radius 3 is 2.68 bits per heavy atom. The van der Waals surface area contributed by atoms with Gasteiger partial charge >= 0.3 is 0 Å². The van der Waals surface area contributed by atoms with Gasteiger partial charge in [0.2, 0.25) is 0 Å². The Bertz CT molecular complexity index is 990. The van der Waals surface area contributed by atoms with Gasteiger partial charge in [-0.25, -0.2) is 0 Å². The van der Waals surface area contributed by atoms with Crippen molar-refractivity contribution in [1.82, 2.24) is 25.3 Å². The zero-order valence-electron chi connectivity index (χ0n) is 16.8. The fourth-order valence-corrected chi connectivity index (χ4v) is 3.08. The van der Waals surface area contributed by atoms with Crippen LogP contribution in [-0.2, 0) is 13.6 Å². The van der Waals surface area contributed by atoms with Crippen LogP contribution in [0.25, 0.3) is 11.3 Å². The molecule has 0 atom stereocenters. The number of rotatable bonds is 7. The first kappa shape index (κ1) is 19.5. The number of amides is 1. The molecule has 0 aliphatic heterocycles. The molecule has 148 valence electrons. The number of carbonyl (C=O) groups is 1. The lowest BCUT2D eigenvalue weighted by Gasteiger charge is -2.11. The van der Waals surface area contributed by atoms with Crippen molar-refractivity contribution in [2.75, 3.05) is 13.7 Å². The minimum absolute atomic E-state index is 0.231. The van der Waals surface area contributed by atoms with Crippen molar-refractivity contribution in [3.8, 4) is 22.8 Å². The molecule has 8 nitrogen and oxygen atoms in total. The standard InChI is InChI=1S/C20H25N5O3/c1-6-28-17-8-7-14(9-18(17)27-5)11-21-20(26)16-10-15(22-23-16)19-12(2)24-25(4)13(19)3/h7-10H,6,11H2,1-5H3,(H,21,26)(H,22,23). The van der Waals surface area contributed by atoms with Crippen LogP contribution in [0.5, 0.6) is 11.5 Å².